The van der Waals surface area contributed by atoms with E-state index in [9.17, 15) is 9.59 Å². The monoisotopic (exact) mass is 371 g/mol. The molecule has 7 nitrogen and oxygen atoms in total. The molecule has 0 saturated carbocycles. The van der Waals surface area contributed by atoms with E-state index < -0.39 is 11.7 Å². The lowest BCUT2D eigenvalue weighted by molar-refractivity contribution is 0.0635. The minimum absolute atomic E-state index is 0.348. The molecule has 144 valence electrons. The van der Waals surface area contributed by atoms with Gasteiger partial charge in [0.25, 0.3) is 5.91 Å². The van der Waals surface area contributed by atoms with Gasteiger partial charge in [0.1, 0.15) is 11.4 Å². The van der Waals surface area contributed by atoms with E-state index in [1.165, 1.54) is 7.11 Å². The molecule has 0 radical (unpaired) electrons. The number of carbonyl (C=O) groups is 2. The first-order chi connectivity index (χ1) is 12.7. The van der Waals surface area contributed by atoms with Crippen LogP contribution in [0.3, 0.4) is 0 Å². The van der Waals surface area contributed by atoms with E-state index in [1.807, 2.05) is 0 Å². The Hall–Kier alpha value is -3.06. The topological polar surface area (TPSA) is 103 Å². The zero-order valence-corrected chi connectivity index (χ0v) is 16.0. The first-order valence-corrected chi connectivity index (χ1v) is 8.51. The standard InChI is InChI=1S/C20H25N3O4/c1-20(2,3)27-19(25)23-16-8-6-5-7-15(16)22-18(24)14-10-9-13(12-21)11-17(14)26-4/h5-11H,12,21H2,1-4H3,(H,22,24)(H,23,25). The van der Waals surface area contributed by atoms with Crippen LogP contribution in [0.25, 0.3) is 0 Å². The summed E-state index contributed by atoms with van der Waals surface area (Å²) in [5, 5.41) is 5.43. The molecule has 4 N–H and O–H groups in total. The molecule has 0 aliphatic carbocycles. The number of rotatable bonds is 5. The molecule has 0 atom stereocenters. The SMILES string of the molecule is COc1cc(CN)ccc1C(=O)Nc1ccccc1NC(=O)OC(C)(C)C. The summed E-state index contributed by atoms with van der Waals surface area (Å²) in [5.41, 5.74) is 7.09. The summed E-state index contributed by atoms with van der Waals surface area (Å²) >= 11 is 0. The van der Waals surface area contributed by atoms with Crippen molar-refractivity contribution < 1.29 is 19.1 Å². The summed E-state index contributed by atoms with van der Waals surface area (Å²) < 4.78 is 10.5. The summed E-state index contributed by atoms with van der Waals surface area (Å²) in [4.78, 5) is 24.7. The summed E-state index contributed by atoms with van der Waals surface area (Å²) in [7, 11) is 1.49. The quantitative estimate of drug-likeness (QED) is 0.743. The maximum atomic E-state index is 12.7. The zero-order valence-electron chi connectivity index (χ0n) is 16.0. The Morgan fingerprint density at radius 3 is 2.22 bits per heavy atom. The van der Waals surface area contributed by atoms with Gasteiger partial charge in [-0.05, 0) is 50.6 Å². The van der Waals surface area contributed by atoms with Crippen LogP contribution < -0.4 is 21.1 Å². The summed E-state index contributed by atoms with van der Waals surface area (Å²) in [6, 6.07) is 12.0. The Labute approximate surface area is 158 Å². The van der Waals surface area contributed by atoms with Crippen molar-refractivity contribution in [3.63, 3.8) is 0 Å². The van der Waals surface area contributed by atoms with Crippen LogP contribution in [0.15, 0.2) is 42.5 Å². The number of benzene rings is 2. The first kappa shape index (κ1) is 20.3. The van der Waals surface area contributed by atoms with Gasteiger partial charge < -0.3 is 20.5 Å². The molecule has 0 unspecified atom stereocenters. The van der Waals surface area contributed by atoms with Crippen LogP contribution in [0.2, 0.25) is 0 Å². The van der Waals surface area contributed by atoms with Crippen LogP contribution in [-0.4, -0.2) is 24.7 Å². The number of ether oxygens (including phenoxy) is 2. The third-order valence-electron chi connectivity index (χ3n) is 3.56. The lowest BCUT2D eigenvalue weighted by atomic mass is 10.1. The smallest absolute Gasteiger partial charge is 0.412 e. The lowest BCUT2D eigenvalue weighted by Gasteiger charge is -2.20. The molecule has 2 aromatic carbocycles. The van der Waals surface area contributed by atoms with Crippen LogP contribution in [0.1, 0.15) is 36.7 Å². The Kier molecular flexibility index (Phi) is 6.41. The molecule has 0 aromatic heterocycles. The highest BCUT2D eigenvalue weighted by molar-refractivity contribution is 6.08. The number of hydrogen-bond donors (Lipinski definition) is 3. The van der Waals surface area contributed by atoms with Crippen LogP contribution in [0.5, 0.6) is 5.75 Å². The zero-order chi connectivity index (χ0) is 20.0. The number of methoxy groups -OCH3 is 1. The highest BCUT2D eigenvalue weighted by atomic mass is 16.6. The van der Waals surface area contributed by atoms with Gasteiger partial charge in [0.05, 0.1) is 24.0 Å². The van der Waals surface area contributed by atoms with Crippen molar-refractivity contribution in [1.29, 1.82) is 0 Å². The molecule has 0 heterocycles. The molecule has 0 saturated heterocycles. The maximum absolute atomic E-state index is 12.7. The van der Waals surface area contributed by atoms with Crippen molar-refractivity contribution in [2.24, 2.45) is 5.73 Å². The number of amides is 2. The first-order valence-electron chi connectivity index (χ1n) is 8.51. The van der Waals surface area contributed by atoms with E-state index in [2.05, 4.69) is 10.6 Å². The van der Waals surface area contributed by atoms with Crippen molar-refractivity contribution in [1.82, 2.24) is 0 Å². The average molecular weight is 371 g/mol. The maximum Gasteiger partial charge on any atom is 0.412 e. The van der Waals surface area contributed by atoms with Gasteiger partial charge >= 0.3 is 6.09 Å². The minimum atomic E-state index is -0.625. The normalized spacial score (nSPS) is 10.9. The van der Waals surface area contributed by atoms with Gasteiger partial charge in [-0.3, -0.25) is 10.1 Å². The molecule has 2 rings (SSSR count). The number of carbonyl (C=O) groups excluding carboxylic acids is 2. The van der Waals surface area contributed by atoms with E-state index in [1.54, 1.807) is 63.2 Å². The molecule has 0 bridgehead atoms. The van der Waals surface area contributed by atoms with Gasteiger partial charge in [-0.1, -0.05) is 18.2 Å². The van der Waals surface area contributed by atoms with Gasteiger partial charge in [-0.25, -0.2) is 4.79 Å². The number of anilines is 2. The largest absolute Gasteiger partial charge is 0.496 e. The van der Waals surface area contributed by atoms with Crippen molar-refractivity contribution in [3.05, 3.63) is 53.6 Å². The lowest BCUT2D eigenvalue weighted by Crippen LogP contribution is -2.27. The second-order valence-electron chi connectivity index (χ2n) is 6.87. The number of nitrogens with one attached hydrogen (secondary N) is 2. The molecule has 2 aromatic rings. The summed E-state index contributed by atoms with van der Waals surface area (Å²) in [6.45, 7) is 5.67. The van der Waals surface area contributed by atoms with E-state index in [4.69, 9.17) is 15.2 Å². The minimum Gasteiger partial charge on any atom is -0.496 e. The van der Waals surface area contributed by atoms with Gasteiger partial charge in [0.15, 0.2) is 0 Å². The fourth-order valence-electron chi connectivity index (χ4n) is 2.35. The van der Waals surface area contributed by atoms with Crippen LogP contribution in [0.4, 0.5) is 16.2 Å². The Morgan fingerprint density at radius 1 is 1.04 bits per heavy atom. The predicted octanol–water partition coefficient (Wildman–Crippen LogP) is 3.75. The van der Waals surface area contributed by atoms with Crippen LogP contribution >= 0.6 is 0 Å². The van der Waals surface area contributed by atoms with Gasteiger partial charge in [-0.2, -0.15) is 0 Å². The van der Waals surface area contributed by atoms with Crippen LogP contribution in [0, 0.1) is 0 Å². The highest BCUT2D eigenvalue weighted by Gasteiger charge is 2.18. The average Bonchev–Trinajstić information content (AvgIpc) is 2.61. The second kappa shape index (κ2) is 8.55. The number of nitrogens with two attached hydrogens (primary N) is 1. The van der Waals surface area contributed by atoms with Crippen molar-refractivity contribution >= 4 is 23.4 Å². The summed E-state index contributed by atoms with van der Waals surface area (Å²) in [6.07, 6.45) is -0.603. The van der Waals surface area contributed by atoms with E-state index in [0.29, 0.717) is 29.2 Å². The Morgan fingerprint density at radius 2 is 1.67 bits per heavy atom. The molecular formula is C20H25N3O4. The molecule has 0 fully saturated rings. The predicted molar refractivity (Wildman–Crippen MR) is 105 cm³/mol. The van der Waals surface area contributed by atoms with E-state index in [-0.39, 0.29) is 5.91 Å². The fourth-order valence-corrected chi connectivity index (χ4v) is 2.35. The Bertz CT molecular complexity index is 828. The van der Waals surface area contributed by atoms with Gasteiger partial charge in [-0.15, -0.1) is 0 Å². The van der Waals surface area contributed by atoms with Crippen molar-refractivity contribution in [2.75, 3.05) is 17.7 Å². The molecule has 0 spiro atoms. The molecule has 7 heteroatoms. The number of hydrogen-bond acceptors (Lipinski definition) is 5. The molecule has 27 heavy (non-hydrogen) atoms. The third-order valence-corrected chi connectivity index (χ3v) is 3.56. The number of para-hydroxylation sites is 2. The van der Waals surface area contributed by atoms with E-state index in [0.717, 1.165) is 5.56 Å². The van der Waals surface area contributed by atoms with Crippen molar-refractivity contribution in [3.8, 4) is 5.75 Å². The summed E-state index contributed by atoms with van der Waals surface area (Å²) in [5.74, 6) is 0.0573. The molecule has 2 amide bonds. The van der Waals surface area contributed by atoms with E-state index >= 15 is 0 Å². The molecular weight excluding hydrogens is 346 g/mol. The molecule has 0 aliphatic rings. The van der Waals surface area contributed by atoms with Gasteiger partial charge in [0.2, 0.25) is 0 Å². The van der Waals surface area contributed by atoms with Crippen molar-refractivity contribution in [2.45, 2.75) is 32.9 Å². The fraction of sp³-hybridized carbons (Fsp3) is 0.300. The Balaban J connectivity index is 2.21. The third kappa shape index (κ3) is 5.72. The van der Waals surface area contributed by atoms with Crippen LogP contribution in [-0.2, 0) is 11.3 Å². The second-order valence-corrected chi connectivity index (χ2v) is 6.87. The van der Waals surface area contributed by atoms with Gasteiger partial charge in [0, 0.05) is 6.54 Å². The molecule has 0 aliphatic heterocycles. The highest BCUT2D eigenvalue weighted by Crippen LogP contribution is 2.25.